The molecule has 0 bridgehead atoms. The summed E-state index contributed by atoms with van der Waals surface area (Å²) in [5, 5.41) is 2.87. The smallest absolute Gasteiger partial charge is 0.251 e. The third kappa shape index (κ3) is 7.51. The van der Waals surface area contributed by atoms with Gasteiger partial charge in [-0.25, -0.2) is 0 Å². The molecule has 0 fully saturated rings. The van der Waals surface area contributed by atoms with Crippen LogP contribution in [0.5, 0.6) is 5.75 Å². The summed E-state index contributed by atoms with van der Waals surface area (Å²) in [5.74, 6) is 0.658. The number of carbonyl (C=O) groups excluding carboxylic acids is 1. The molecule has 4 heteroatoms. The molecule has 1 N–H and O–H groups in total. The first-order valence-electron chi connectivity index (χ1n) is 7.26. The van der Waals surface area contributed by atoms with Crippen molar-refractivity contribution in [3.63, 3.8) is 0 Å². The second-order valence-corrected chi connectivity index (χ2v) is 5.30. The van der Waals surface area contributed by atoms with E-state index in [1.807, 2.05) is 20.8 Å². The Hall–Kier alpha value is -1.81. The van der Waals surface area contributed by atoms with Crippen LogP contribution in [0.2, 0.25) is 0 Å². The second kappa shape index (κ2) is 9.19. The van der Waals surface area contributed by atoms with Crippen molar-refractivity contribution in [1.82, 2.24) is 5.32 Å². The lowest BCUT2D eigenvalue weighted by Crippen LogP contribution is -2.25. The predicted molar refractivity (Wildman–Crippen MR) is 84.8 cm³/mol. The van der Waals surface area contributed by atoms with Crippen LogP contribution in [0.4, 0.5) is 0 Å². The number of benzene rings is 1. The molecular formula is C17H25NO3. The molecule has 0 atom stereocenters. The van der Waals surface area contributed by atoms with Gasteiger partial charge in [0, 0.05) is 18.7 Å². The average molecular weight is 291 g/mol. The molecule has 0 aliphatic carbocycles. The summed E-state index contributed by atoms with van der Waals surface area (Å²) in [4.78, 5) is 11.9. The van der Waals surface area contributed by atoms with E-state index >= 15 is 0 Å². The second-order valence-electron chi connectivity index (χ2n) is 5.30. The largest absolute Gasteiger partial charge is 0.489 e. The van der Waals surface area contributed by atoms with Gasteiger partial charge in [0.2, 0.25) is 0 Å². The van der Waals surface area contributed by atoms with Crippen molar-refractivity contribution < 1.29 is 14.3 Å². The van der Waals surface area contributed by atoms with E-state index in [2.05, 4.69) is 11.9 Å². The van der Waals surface area contributed by atoms with Crippen LogP contribution in [0.3, 0.4) is 0 Å². The van der Waals surface area contributed by atoms with Crippen molar-refractivity contribution in [1.29, 1.82) is 0 Å². The van der Waals surface area contributed by atoms with Crippen molar-refractivity contribution in [3.8, 4) is 5.75 Å². The topological polar surface area (TPSA) is 47.6 Å². The van der Waals surface area contributed by atoms with Gasteiger partial charge in [0.1, 0.15) is 12.4 Å². The minimum atomic E-state index is -0.0778. The third-order valence-corrected chi connectivity index (χ3v) is 2.66. The summed E-state index contributed by atoms with van der Waals surface area (Å²) < 4.78 is 10.9. The van der Waals surface area contributed by atoms with Crippen molar-refractivity contribution in [2.24, 2.45) is 0 Å². The van der Waals surface area contributed by atoms with Gasteiger partial charge >= 0.3 is 0 Å². The van der Waals surface area contributed by atoms with E-state index in [1.165, 1.54) is 0 Å². The van der Waals surface area contributed by atoms with Gasteiger partial charge in [-0.2, -0.15) is 0 Å². The molecule has 0 saturated carbocycles. The Morgan fingerprint density at radius 2 is 1.95 bits per heavy atom. The molecule has 0 radical (unpaired) electrons. The Morgan fingerprint density at radius 3 is 2.52 bits per heavy atom. The van der Waals surface area contributed by atoms with Gasteiger partial charge in [-0.15, -0.1) is 0 Å². The first-order valence-corrected chi connectivity index (χ1v) is 7.26. The number of amides is 1. The van der Waals surface area contributed by atoms with Gasteiger partial charge in [0.05, 0.1) is 6.10 Å². The highest BCUT2D eigenvalue weighted by Crippen LogP contribution is 2.12. The third-order valence-electron chi connectivity index (χ3n) is 2.66. The van der Waals surface area contributed by atoms with E-state index in [-0.39, 0.29) is 12.0 Å². The van der Waals surface area contributed by atoms with Crippen molar-refractivity contribution in [2.75, 3.05) is 19.8 Å². The number of rotatable bonds is 9. The first-order chi connectivity index (χ1) is 9.99. The molecule has 4 nitrogen and oxygen atoms in total. The Balaban J connectivity index is 2.32. The molecule has 21 heavy (non-hydrogen) atoms. The van der Waals surface area contributed by atoms with E-state index in [9.17, 15) is 4.79 Å². The fraction of sp³-hybridized carbons (Fsp3) is 0.471. The van der Waals surface area contributed by atoms with Gasteiger partial charge in [-0.05, 0) is 57.0 Å². The highest BCUT2D eigenvalue weighted by molar-refractivity contribution is 5.94. The van der Waals surface area contributed by atoms with E-state index in [0.29, 0.717) is 25.3 Å². The summed E-state index contributed by atoms with van der Waals surface area (Å²) in [6.45, 7) is 11.4. The summed E-state index contributed by atoms with van der Waals surface area (Å²) in [6.07, 6.45) is 1.04. The Morgan fingerprint density at radius 1 is 1.29 bits per heavy atom. The zero-order valence-electron chi connectivity index (χ0n) is 13.1. The molecule has 0 spiro atoms. The zero-order chi connectivity index (χ0) is 15.7. The molecule has 1 aromatic rings. The summed E-state index contributed by atoms with van der Waals surface area (Å²) in [7, 11) is 0. The SMILES string of the molecule is C=C(C)COc1ccc(C(=O)NCCCOC(C)C)cc1. The summed E-state index contributed by atoms with van der Waals surface area (Å²) >= 11 is 0. The normalized spacial score (nSPS) is 10.5. The number of carbonyl (C=O) groups is 1. The highest BCUT2D eigenvalue weighted by atomic mass is 16.5. The van der Waals surface area contributed by atoms with Gasteiger partial charge < -0.3 is 14.8 Å². The maximum atomic E-state index is 11.9. The lowest BCUT2D eigenvalue weighted by atomic mass is 10.2. The minimum Gasteiger partial charge on any atom is -0.489 e. The first kappa shape index (κ1) is 17.2. The van der Waals surface area contributed by atoms with E-state index in [1.54, 1.807) is 24.3 Å². The average Bonchev–Trinajstić information content (AvgIpc) is 2.44. The van der Waals surface area contributed by atoms with Crippen molar-refractivity contribution in [3.05, 3.63) is 42.0 Å². The Bertz CT molecular complexity index is 452. The lowest BCUT2D eigenvalue weighted by Gasteiger charge is -2.09. The minimum absolute atomic E-state index is 0.0778. The Labute approximate surface area is 127 Å². The molecule has 1 aromatic carbocycles. The maximum absolute atomic E-state index is 11.9. The van der Waals surface area contributed by atoms with Crippen molar-refractivity contribution >= 4 is 5.91 Å². The number of nitrogens with one attached hydrogen (secondary N) is 1. The van der Waals surface area contributed by atoms with Gasteiger partial charge in [-0.1, -0.05) is 6.58 Å². The van der Waals surface area contributed by atoms with Crippen LogP contribution < -0.4 is 10.1 Å². The molecule has 116 valence electrons. The monoisotopic (exact) mass is 291 g/mol. The highest BCUT2D eigenvalue weighted by Gasteiger charge is 2.05. The van der Waals surface area contributed by atoms with Crippen LogP contribution in [0.25, 0.3) is 0 Å². The molecule has 0 aromatic heterocycles. The maximum Gasteiger partial charge on any atom is 0.251 e. The molecule has 0 heterocycles. The van der Waals surface area contributed by atoms with Crippen LogP contribution in [-0.4, -0.2) is 31.8 Å². The van der Waals surface area contributed by atoms with E-state index in [0.717, 1.165) is 17.7 Å². The quantitative estimate of drug-likeness (QED) is 0.561. The van der Waals surface area contributed by atoms with Crippen LogP contribution in [0, 0.1) is 0 Å². The Kier molecular flexibility index (Phi) is 7.54. The number of hydrogen-bond donors (Lipinski definition) is 1. The van der Waals surface area contributed by atoms with Gasteiger partial charge in [0.15, 0.2) is 0 Å². The zero-order valence-corrected chi connectivity index (χ0v) is 13.1. The molecule has 1 rings (SSSR count). The van der Waals surface area contributed by atoms with E-state index < -0.39 is 0 Å². The molecule has 0 saturated heterocycles. The molecular weight excluding hydrogens is 266 g/mol. The summed E-state index contributed by atoms with van der Waals surface area (Å²) in [6, 6.07) is 7.10. The molecule has 1 amide bonds. The van der Waals surface area contributed by atoms with Crippen LogP contribution in [0.1, 0.15) is 37.6 Å². The van der Waals surface area contributed by atoms with Crippen LogP contribution in [-0.2, 0) is 4.74 Å². The fourth-order valence-electron chi connectivity index (χ4n) is 1.60. The van der Waals surface area contributed by atoms with Crippen molar-refractivity contribution in [2.45, 2.75) is 33.3 Å². The van der Waals surface area contributed by atoms with Gasteiger partial charge in [0.25, 0.3) is 5.91 Å². The lowest BCUT2D eigenvalue weighted by molar-refractivity contribution is 0.0757. The number of hydrogen-bond acceptors (Lipinski definition) is 3. The predicted octanol–water partition coefficient (Wildman–Crippen LogP) is 3.19. The summed E-state index contributed by atoms with van der Waals surface area (Å²) in [5.41, 5.74) is 1.59. The van der Waals surface area contributed by atoms with Gasteiger partial charge in [-0.3, -0.25) is 4.79 Å². The standard InChI is InChI=1S/C17H25NO3/c1-13(2)12-21-16-8-6-15(7-9-16)17(19)18-10-5-11-20-14(3)4/h6-9,14H,1,5,10-12H2,2-4H3,(H,18,19). The van der Waals surface area contributed by atoms with E-state index in [4.69, 9.17) is 9.47 Å². The van der Waals surface area contributed by atoms with Crippen LogP contribution >= 0.6 is 0 Å². The number of ether oxygens (including phenoxy) is 2. The fourth-order valence-corrected chi connectivity index (χ4v) is 1.60. The van der Waals surface area contributed by atoms with Crippen LogP contribution in [0.15, 0.2) is 36.4 Å². The molecule has 0 aliphatic rings. The molecule has 0 unspecified atom stereocenters. The molecule has 0 aliphatic heterocycles.